The maximum Gasteiger partial charge on any atom is 0.243 e. The highest BCUT2D eigenvalue weighted by atomic mass is 80.9. The summed E-state index contributed by atoms with van der Waals surface area (Å²) in [5.74, 6) is 0. The zero-order valence-corrected chi connectivity index (χ0v) is 14.8. The number of hydrogen-bond acceptors (Lipinski definition) is 0. The maximum atomic E-state index is 2.75. The molecule has 0 spiro atoms. The fraction of sp³-hybridized carbons (Fsp3) is 0.727. The molecule has 16 heavy (non-hydrogen) atoms. The first-order valence-corrected chi connectivity index (χ1v) is 9.27. The van der Waals surface area contributed by atoms with E-state index >= 15 is 0 Å². The molecule has 0 aliphatic carbocycles. The summed E-state index contributed by atoms with van der Waals surface area (Å²) in [7, 11) is 0. The first-order chi connectivity index (χ1) is 7.36. The number of halogens is 3. The molecule has 0 fully saturated rings. The van der Waals surface area contributed by atoms with Crippen LogP contribution >= 0.6 is 28.3 Å². The Labute approximate surface area is 125 Å². The first kappa shape index (κ1) is 19.0. The Kier molecular flexibility index (Phi) is 16.3. The van der Waals surface area contributed by atoms with E-state index in [4.69, 9.17) is 0 Å². The summed E-state index contributed by atoms with van der Waals surface area (Å²) < 4.78 is 4.55. The second-order valence-electron chi connectivity index (χ2n) is 3.60. The van der Waals surface area contributed by atoms with E-state index in [0.717, 1.165) is 13.1 Å². The van der Waals surface area contributed by atoms with Crippen LogP contribution in [0.2, 0.25) is 0 Å². The highest BCUT2D eigenvalue weighted by Gasteiger charge is 2.01. The summed E-state index contributed by atoms with van der Waals surface area (Å²) in [6.07, 6.45) is 11.7. The summed E-state index contributed by atoms with van der Waals surface area (Å²) in [5.41, 5.74) is 0. The van der Waals surface area contributed by atoms with Gasteiger partial charge in [0.05, 0.1) is 13.1 Å². The number of aromatic nitrogens is 2. The average Bonchev–Trinajstić information content (AvgIpc) is 2.74. The molecule has 1 aromatic rings. The van der Waals surface area contributed by atoms with Gasteiger partial charge in [0.1, 0.15) is 12.4 Å². The van der Waals surface area contributed by atoms with Gasteiger partial charge in [-0.05, 0) is 12.8 Å². The third kappa shape index (κ3) is 8.76. The van der Waals surface area contributed by atoms with E-state index in [2.05, 4.69) is 70.0 Å². The molecule has 1 rings (SSSR count). The molecule has 5 heteroatoms. The summed E-state index contributed by atoms with van der Waals surface area (Å²) in [5, 5.41) is 0. The van der Waals surface area contributed by atoms with Gasteiger partial charge in [0.15, 0.2) is 0 Å². The maximum absolute atomic E-state index is 2.75. The Morgan fingerprint density at radius 2 is 1.75 bits per heavy atom. The lowest BCUT2D eigenvalue weighted by Gasteiger charge is -1.93. The third-order valence-corrected chi connectivity index (χ3v) is 2.29. The Hall–Kier alpha value is 0.650. The molecule has 1 aromatic heterocycles. The SMILES string of the molecule is BrBr.CCCCn1cc[n+](CCCC)c1.[Br-]. The van der Waals surface area contributed by atoms with Crippen molar-refractivity contribution in [2.75, 3.05) is 0 Å². The highest BCUT2D eigenvalue weighted by Crippen LogP contribution is 1.93. The van der Waals surface area contributed by atoms with Gasteiger partial charge in [-0.25, -0.2) is 9.13 Å². The van der Waals surface area contributed by atoms with E-state index in [1.807, 2.05) is 0 Å². The van der Waals surface area contributed by atoms with Gasteiger partial charge in [0, 0.05) is 28.3 Å². The van der Waals surface area contributed by atoms with Crippen molar-refractivity contribution in [2.24, 2.45) is 0 Å². The second-order valence-corrected chi connectivity index (χ2v) is 3.60. The van der Waals surface area contributed by atoms with Gasteiger partial charge in [-0.15, -0.1) is 0 Å². The second kappa shape index (κ2) is 13.7. The summed E-state index contributed by atoms with van der Waals surface area (Å²) in [4.78, 5) is 0. The van der Waals surface area contributed by atoms with Crippen LogP contribution in [-0.4, -0.2) is 4.57 Å². The molecule has 0 radical (unpaired) electrons. The van der Waals surface area contributed by atoms with Gasteiger partial charge >= 0.3 is 0 Å². The van der Waals surface area contributed by atoms with Crippen molar-refractivity contribution < 1.29 is 21.5 Å². The molecule has 1 heterocycles. The van der Waals surface area contributed by atoms with E-state index in [-0.39, 0.29) is 17.0 Å². The molecule has 0 aliphatic heterocycles. The minimum absolute atomic E-state index is 0. The Morgan fingerprint density at radius 3 is 2.31 bits per heavy atom. The molecular weight excluding hydrogens is 400 g/mol. The van der Waals surface area contributed by atoms with Crippen molar-refractivity contribution >= 4 is 28.3 Å². The van der Waals surface area contributed by atoms with E-state index in [0.29, 0.717) is 0 Å². The molecule has 0 atom stereocenters. The van der Waals surface area contributed by atoms with Gasteiger partial charge in [-0.3, -0.25) is 0 Å². The van der Waals surface area contributed by atoms with Crippen LogP contribution in [0.15, 0.2) is 18.7 Å². The van der Waals surface area contributed by atoms with Crippen LogP contribution in [-0.2, 0) is 13.1 Å². The zero-order valence-electron chi connectivity index (χ0n) is 10.0. The van der Waals surface area contributed by atoms with Crippen LogP contribution in [0.4, 0.5) is 0 Å². The lowest BCUT2D eigenvalue weighted by Crippen LogP contribution is -3.00. The van der Waals surface area contributed by atoms with Crippen molar-refractivity contribution in [2.45, 2.75) is 52.6 Å². The smallest absolute Gasteiger partial charge is 0.243 e. The van der Waals surface area contributed by atoms with Gasteiger partial charge in [0.2, 0.25) is 6.33 Å². The van der Waals surface area contributed by atoms with Gasteiger partial charge < -0.3 is 17.0 Å². The van der Waals surface area contributed by atoms with Crippen LogP contribution in [0.25, 0.3) is 0 Å². The van der Waals surface area contributed by atoms with Crippen LogP contribution in [0.5, 0.6) is 0 Å². The molecule has 96 valence electrons. The summed E-state index contributed by atoms with van der Waals surface area (Å²) in [6, 6.07) is 0. The molecule has 0 saturated carbocycles. The highest BCUT2D eigenvalue weighted by molar-refractivity contribution is 9.93. The van der Waals surface area contributed by atoms with Crippen LogP contribution in [0, 0.1) is 0 Å². The van der Waals surface area contributed by atoms with Crippen LogP contribution in [0.1, 0.15) is 39.5 Å². The van der Waals surface area contributed by atoms with Crippen molar-refractivity contribution in [3.05, 3.63) is 18.7 Å². The third-order valence-electron chi connectivity index (χ3n) is 2.29. The summed E-state index contributed by atoms with van der Waals surface area (Å²) >= 11 is 5.50. The summed E-state index contributed by atoms with van der Waals surface area (Å²) in [6.45, 7) is 6.79. The fourth-order valence-electron chi connectivity index (χ4n) is 1.38. The van der Waals surface area contributed by atoms with E-state index in [1.54, 1.807) is 0 Å². The zero-order chi connectivity index (χ0) is 11.5. The molecule has 0 unspecified atom stereocenters. The van der Waals surface area contributed by atoms with Gasteiger partial charge in [-0.2, -0.15) is 0 Å². The van der Waals surface area contributed by atoms with Crippen molar-refractivity contribution in [1.82, 2.24) is 4.57 Å². The fourth-order valence-corrected chi connectivity index (χ4v) is 1.38. The average molecular weight is 421 g/mol. The molecule has 0 saturated heterocycles. The standard InChI is InChI=1S/C11H21N2.Br2.BrH/c1-3-5-7-12-9-10-13(11-12)8-6-4-2;1-2;/h9-11H,3-8H2,1-2H3;;1H/q+1;;/p-1. The number of unbranched alkanes of at least 4 members (excludes halogenated alkanes) is 2. The minimum atomic E-state index is 0. The topological polar surface area (TPSA) is 8.81 Å². The largest absolute Gasteiger partial charge is 1.00 e. The predicted molar refractivity (Wildman–Crippen MR) is 72.3 cm³/mol. The van der Waals surface area contributed by atoms with E-state index < -0.39 is 0 Å². The lowest BCUT2D eigenvalue weighted by atomic mass is 10.3. The van der Waals surface area contributed by atoms with Crippen molar-refractivity contribution in [1.29, 1.82) is 0 Å². The van der Waals surface area contributed by atoms with Crippen molar-refractivity contribution in [3.63, 3.8) is 0 Å². The number of aryl methyl sites for hydroxylation is 2. The van der Waals surface area contributed by atoms with Crippen LogP contribution in [0.3, 0.4) is 0 Å². The Bertz CT molecular complexity index is 216. The minimum Gasteiger partial charge on any atom is -1.00 e. The molecule has 0 bridgehead atoms. The van der Waals surface area contributed by atoms with E-state index in [1.165, 1.54) is 25.7 Å². The quantitative estimate of drug-likeness (QED) is 0.609. The number of rotatable bonds is 6. The molecule has 0 aliphatic rings. The molecule has 0 N–H and O–H groups in total. The molecular formula is C11H21Br3N2. The lowest BCUT2D eigenvalue weighted by molar-refractivity contribution is -0.696. The van der Waals surface area contributed by atoms with Crippen molar-refractivity contribution in [3.8, 4) is 0 Å². The number of hydrogen-bond donors (Lipinski definition) is 0. The Morgan fingerprint density at radius 1 is 1.12 bits per heavy atom. The number of nitrogens with zero attached hydrogens (tertiary/aromatic N) is 2. The normalized spacial score (nSPS) is 9.00. The number of imidazole rings is 1. The Balaban J connectivity index is 0. The predicted octanol–water partition coefficient (Wildman–Crippen LogP) is 1.07. The van der Waals surface area contributed by atoms with E-state index in [9.17, 15) is 0 Å². The first-order valence-electron chi connectivity index (χ1n) is 5.56. The van der Waals surface area contributed by atoms with Gasteiger partial charge in [-0.1, -0.05) is 26.7 Å². The molecule has 2 nitrogen and oxygen atoms in total. The van der Waals surface area contributed by atoms with Gasteiger partial charge in [0.25, 0.3) is 0 Å². The monoisotopic (exact) mass is 418 g/mol. The molecule has 0 aromatic carbocycles. The molecule has 0 amide bonds. The van der Waals surface area contributed by atoms with Crippen LogP contribution < -0.4 is 21.5 Å².